The van der Waals surface area contributed by atoms with Gasteiger partial charge in [-0.1, -0.05) is 19.8 Å². The number of hydrogen-bond donors (Lipinski definition) is 2. The number of hydrogen-bond acceptors (Lipinski definition) is 3. The average molecular weight is 296 g/mol. The van der Waals surface area contributed by atoms with Gasteiger partial charge in [-0.3, -0.25) is 0 Å². The van der Waals surface area contributed by atoms with Crippen LogP contribution in [0, 0.1) is 19.8 Å². The summed E-state index contributed by atoms with van der Waals surface area (Å²) in [5.41, 5.74) is 7.96. The highest BCUT2D eigenvalue weighted by Gasteiger charge is 2.26. The third-order valence-electron chi connectivity index (χ3n) is 4.19. The van der Waals surface area contributed by atoms with Gasteiger partial charge in [0.15, 0.2) is 0 Å². The predicted octanol–water partition coefficient (Wildman–Crippen LogP) is 2.74. The lowest BCUT2D eigenvalue weighted by Crippen LogP contribution is -2.38. The summed E-state index contributed by atoms with van der Waals surface area (Å²) in [6.45, 7) is 5.89. The van der Waals surface area contributed by atoms with Crippen molar-refractivity contribution in [3.8, 4) is 0 Å². The van der Waals surface area contributed by atoms with E-state index in [0.29, 0.717) is 16.5 Å². The normalized spacial score (nSPS) is 23.8. The molecule has 0 aliphatic heterocycles. The molecule has 5 heteroatoms. The van der Waals surface area contributed by atoms with E-state index in [1.54, 1.807) is 12.1 Å². The van der Waals surface area contributed by atoms with Crippen molar-refractivity contribution in [3.63, 3.8) is 0 Å². The van der Waals surface area contributed by atoms with Gasteiger partial charge in [0, 0.05) is 11.7 Å². The van der Waals surface area contributed by atoms with Gasteiger partial charge in [0.2, 0.25) is 10.0 Å². The molecule has 0 heterocycles. The van der Waals surface area contributed by atoms with Gasteiger partial charge in [-0.05, 0) is 55.9 Å². The summed E-state index contributed by atoms with van der Waals surface area (Å²) in [4.78, 5) is 0.313. The Morgan fingerprint density at radius 3 is 2.60 bits per heavy atom. The van der Waals surface area contributed by atoms with Crippen LogP contribution in [0.25, 0.3) is 0 Å². The number of anilines is 1. The summed E-state index contributed by atoms with van der Waals surface area (Å²) in [6.07, 6.45) is 4.11. The minimum atomic E-state index is -3.49. The number of nitrogen functional groups attached to an aromatic ring is 1. The van der Waals surface area contributed by atoms with Crippen LogP contribution in [0.5, 0.6) is 0 Å². The van der Waals surface area contributed by atoms with E-state index in [2.05, 4.69) is 11.6 Å². The molecule has 1 aromatic rings. The van der Waals surface area contributed by atoms with Crippen LogP contribution >= 0.6 is 0 Å². The molecule has 0 spiro atoms. The maximum absolute atomic E-state index is 12.6. The molecule has 4 nitrogen and oxygen atoms in total. The van der Waals surface area contributed by atoms with Crippen molar-refractivity contribution >= 4 is 15.7 Å². The van der Waals surface area contributed by atoms with Crippen LogP contribution in [0.3, 0.4) is 0 Å². The van der Waals surface area contributed by atoms with Gasteiger partial charge in [-0.2, -0.15) is 0 Å². The number of sulfonamides is 1. The molecule has 3 N–H and O–H groups in total. The maximum Gasteiger partial charge on any atom is 0.241 e. The van der Waals surface area contributed by atoms with Gasteiger partial charge >= 0.3 is 0 Å². The van der Waals surface area contributed by atoms with E-state index in [9.17, 15) is 8.42 Å². The summed E-state index contributed by atoms with van der Waals surface area (Å²) in [6, 6.07) is 3.40. The number of nitrogens with one attached hydrogen (secondary N) is 1. The summed E-state index contributed by atoms with van der Waals surface area (Å²) in [5, 5.41) is 0. The first-order valence-electron chi connectivity index (χ1n) is 7.18. The predicted molar refractivity (Wildman–Crippen MR) is 82.1 cm³/mol. The molecule has 2 unspecified atom stereocenters. The molecule has 0 saturated heterocycles. The van der Waals surface area contributed by atoms with E-state index >= 15 is 0 Å². The van der Waals surface area contributed by atoms with E-state index < -0.39 is 10.0 Å². The van der Waals surface area contributed by atoms with Gasteiger partial charge in [0.05, 0.1) is 4.90 Å². The molecule has 0 bridgehead atoms. The van der Waals surface area contributed by atoms with Crippen LogP contribution in [0.15, 0.2) is 17.0 Å². The molecule has 20 heavy (non-hydrogen) atoms. The fraction of sp³-hybridized carbons (Fsp3) is 0.600. The Bertz CT molecular complexity index is 596. The summed E-state index contributed by atoms with van der Waals surface area (Å²) >= 11 is 0. The second kappa shape index (κ2) is 5.74. The molecular weight excluding hydrogens is 272 g/mol. The summed E-state index contributed by atoms with van der Waals surface area (Å²) in [7, 11) is -3.49. The Kier molecular flexibility index (Phi) is 4.39. The van der Waals surface area contributed by atoms with Gasteiger partial charge in [-0.25, -0.2) is 13.1 Å². The van der Waals surface area contributed by atoms with E-state index in [-0.39, 0.29) is 6.04 Å². The molecule has 1 aliphatic carbocycles. The molecule has 0 radical (unpaired) electrons. The number of aryl methyl sites for hydroxylation is 1. The van der Waals surface area contributed by atoms with Crippen molar-refractivity contribution in [2.24, 2.45) is 5.92 Å². The standard InChI is InChI=1S/C15H24N2O2S/c1-10-5-4-6-14(7-10)17-20(18,19)15-9-13(16)8-11(2)12(15)3/h8-10,14,17H,4-7,16H2,1-3H3. The maximum atomic E-state index is 12.6. The minimum Gasteiger partial charge on any atom is -0.399 e. The Labute approximate surface area is 121 Å². The Morgan fingerprint density at radius 1 is 1.25 bits per heavy atom. The monoisotopic (exact) mass is 296 g/mol. The second-order valence-corrected chi connectivity index (χ2v) is 7.73. The highest BCUT2D eigenvalue weighted by atomic mass is 32.2. The lowest BCUT2D eigenvalue weighted by Gasteiger charge is -2.27. The second-order valence-electron chi connectivity index (χ2n) is 6.05. The van der Waals surface area contributed by atoms with Gasteiger partial charge < -0.3 is 5.73 Å². The molecular formula is C15H24N2O2S. The average Bonchev–Trinajstić information content (AvgIpc) is 2.33. The van der Waals surface area contributed by atoms with E-state index in [1.807, 2.05) is 13.8 Å². The first-order chi connectivity index (χ1) is 9.29. The Balaban J connectivity index is 2.26. The van der Waals surface area contributed by atoms with Crippen LogP contribution in [0.2, 0.25) is 0 Å². The zero-order valence-electron chi connectivity index (χ0n) is 12.4. The number of rotatable bonds is 3. The van der Waals surface area contributed by atoms with Gasteiger partial charge in [-0.15, -0.1) is 0 Å². The van der Waals surface area contributed by atoms with Gasteiger partial charge in [0.25, 0.3) is 0 Å². The smallest absolute Gasteiger partial charge is 0.241 e. The van der Waals surface area contributed by atoms with Crippen molar-refractivity contribution in [2.45, 2.75) is 57.4 Å². The van der Waals surface area contributed by atoms with E-state index in [1.165, 1.54) is 6.42 Å². The molecule has 1 saturated carbocycles. The third-order valence-corrected chi connectivity index (χ3v) is 5.84. The zero-order valence-corrected chi connectivity index (χ0v) is 13.3. The van der Waals surface area contributed by atoms with Crippen LogP contribution in [0.4, 0.5) is 5.69 Å². The Hall–Kier alpha value is -1.07. The Morgan fingerprint density at radius 2 is 1.95 bits per heavy atom. The highest BCUT2D eigenvalue weighted by molar-refractivity contribution is 7.89. The van der Waals surface area contributed by atoms with Crippen LogP contribution in [-0.2, 0) is 10.0 Å². The quantitative estimate of drug-likeness (QED) is 0.842. The molecule has 2 atom stereocenters. The molecule has 0 aromatic heterocycles. The molecule has 112 valence electrons. The zero-order chi connectivity index (χ0) is 14.9. The van der Waals surface area contributed by atoms with E-state index in [4.69, 9.17) is 5.73 Å². The van der Waals surface area contributed by atoms with E-state index in [0.717, 1.165) is 30.4 Å². The highest BCUT2D eigenvalue weighted by Crippen LogP contribution is 2.27. The van der Waals surface area contributed by atoms with Crippen molar-refractivity contribution < 1.29 is 8.42 Å². The largest absolute Gasteiger partial charge is 0.399 e. The molecule has 1 fully saturated rings. The molecule has 1 aromatic carbocycles. The summed E-state index contributed by atoms with van der Waals surface area (Å²) < 4.78 is 28.0. The molecule has 1 aliphatic rings. The van der Waals surface area contributed by atoms with Crippen molar-refractivity contribution in [1.29, 1.82) is 0 Å². The van der Waals surface area contributed by atoms with Crippen molar-refractivity contribution in [2.75, 3.05) is 5.73 Å². The fourth-order valence-electron chi connectivity index (χ4n) is 2.96. The van der Waals surface area contributed by atoms with Crippen LogP contribution < -0.4 is 10.5 Å². The first-order valence-corrected chi connectivity index (χ1v) is 8.67. The van der Waals surface area contributed by atoms with Crippen LogP contribution in [0.1, 0.15) is 43.7 Å². The lowest BCUT2D eigenvalue weighted by atomic mass is 9.88. The van der Waals surface area contributed by atoms with Crippen molar-refractivity contribution in [1.82, 2.24) is 4.72 Å². The number of benzene rings is 1. The first kappa shape index (κ1) is 15.3. The molecule has 2 rings (SSSR count). The number of nitrogens with two attached hydrogens (primary N) is 1. The van der Waals surface area contributed by atoms with Crippen molar-refractivity contribution in [3.05, 3.63) is 23.3 Å². The molecule has 0 amide bonds. The third kappa shape index (κ3) is 3.33. The minimum absolute atomic E-state index is 0.0462. The van der Waals surface area contributed by atoms with Crippen LogP contribution in [-0.4, -0.2) is 14.5 Å². The fourth-order valence-corrected chi connectivity index (χ4v) is 4.59. The SMILES string of the molecule is Cc1cc(N)cc(S(=O)(=O)NC2CCCC(C)C2)c1C. The summed E-state index contributed by atoms with van der Waals surface area (Å²) in [5.74, 6) is 0.583. The van der Waals surface area contributed by atoms with Gasteiger partial charge in [0.1, 0.15) is 0 Å². The lowest BCUT2D eigenvalue weighted by molar-refractivity contribution is 0.327. The topological polar surface area (TPSA) is 72.2 Å².